The number of nitro benzene ring substituents is 1. The number of thiophene rings is 1. The van der Waals surface area contributed by atoms with Gasteiger partial charge in [-0.05, 0) is 12.1 Å². The Balaban J connectivity index is 1.67. The van der Waals surface area contributed by atoms with Gasteiger partial charge in [-0.3, -0.25) is 14.9 Å². The van der Waals surface area contributed by atoms with Crippen molar-refractivity contribution in [2.24, 2.45) is 0 Å². The van der Waals surface area contributed by atoms with Crippen molar-refractivity contribution in [2.75, 3.05) is 11.9 Å². The quantitative estimate of drug-likeness (QED) is 0.383. The Morgan fingerprint density at radius 3 is 2.70 bits per heavy atom. The molecule has 27 heavy (non-hydrogen) atoms. The number of esters is 1. The number of amides is 1. The van der Waals surface area contributed by atoms with Gasteiger partial charge in [-0.1, -0.05) is 29.8 Å². The molecule has 0 aliphatic rings. The SMILES string of the molecule is O=C(COC(=O)c1sc2ccccc2c1Cl)Nc1cc([N+](=O)[O-])ccc1F. The summed E-state index contributed by atoms with van der Waals surface area (Å²) >= 11 is 7.28. The summed E-state index contributed by atoms with van der Waals surface area (Å²) in [6.45, 7) is -0.703. The van der Waals surface area contributed by atoms with Crippen LogP contribution < -0.4 is 5.32 Å². The fourth-order valence-corrected chi connectivity index (χ4v) is 3.65. The van der Waals surface area contributed by atoms with E-state index in [1.807, 2.05) is 0 Å². The van der Waals surface area contributed by atoms with Gasteiger partial charge in [-0.25, -0.2) is 9.18 Å². The molecule has 0 radical (unpaired) electrons. The monoisotopic (exact) mass is 408 g/mol. The summed E-state index contributed by atoms with van der Waals surface area (Å²) in [5, 5.41) is 13.8. The largest absolute Gasteiger partial charge is 0.451 e. The minimum atomic E-state index is -0.854. The Hall–Kier alpha value is -3.04. The molecule has 0 atom stereocenters. The Labute approximate surface area is 160 Å². The number of nitro groups is 1. The van der Waals surface area contributed by atoms with Gasteiger partial charge in [0.05, 0.1) is 15.6 Å². The Morgan fingerprint density at radius 2 is 2.00 bits per heavy atom. The highest BCUT2D eigenvalue weighted by Crippen LogP contribution is 2.35. The maximum absolute atomic E-state index is 13.7. The standard InChI is InChI=1S/C17H10ClFN2O5S/c18-15-10-3-1-2-4-13(10)27-16(15)17(23)26-8-14(22)20-12-7-9(21(24)25)5-6-11(12)19/h1-7H,8H2,(H,20,22). The summed E-state index contributed by atoms with van der Waals surface area (Å²) in [5.41, 5.74) is -0.772. The zero-order chi connectivity index (χ0) is 19.6. The lowest BCUT2D eigenvalue weighted by atomic mass is 10.2. The molecule has 0 spiro atoms. The molecule has 1 heterocycles. The Bertz CT molecular complexity index is 1070. The number of nitrogens with zero attached hydrogens (tertiary/aromatic N) is 1. The maximum atomic E-state index is 13.7. The van der Waals surface area contributed by atoms with Crippen molar-refractivity contribution in [1.82, 2.24) is 0 Å². The van der Waals surface area contributed by atoms with Crippen LogP contribution in [0.4, 0.5) is 15.8 Å². The van der Waals surface area contributed by atoms with Gasteiger partial charge in [-0.2, -0.15) is 0 Å². The number of nitrogens with one attached hydrogen (secondary N) is 1. The molecule has 3 rings (SSSR count). The normalized spacial score (nSPS) is 10.6. The molecule has 0 fully saturated rings. The topological polar surface area (TPSA) is 98.5 Å². The van der Waals surface area contributed by atoms with Crippen LogP contribution in [-0.4, -0.2) is 23.4 Å². The van der Waals surface area contributed by atoms with Crippen molar-refractivity contribution in [3.63, 3.8) is 0 Å². The molecule has 0 unspecified atom stereocenters. The number of anilines is 1. The van der Waals surface area contributed by atoms with Crippen LogP contribution in [0.2, 0.25) is 5.02 Å². The highest BCUT2D eigenvalue weighted by molar-refractivity contribution is 7.21. The van der Waals surface area contributed by atoms with Crippen LogP contribution in [0.15, 0.2) is 42.5 Å². The molecule has 10 heteroatoms. The van der Waals surface area contributed by atoms with E-state index < -0.39 is 29.2 Å². The molecule has 1 amide bonds. The summed E-state index contributed by atoms with van der Waals surface area (Å²) in [6.07, 6.45) is 0. The number of benzene rings is 2. The van der Waals surface area contributed by atoms with E-state index in [4.69, 9.17) is 16.3 Å². The van der Waals surface area contributed by atoms with Crippen molar-refractivity contribution < 1.29 is 23.6 Å². The minimum Gasteiger partial charge on any atom is -0.451 e. The molecule has 1 N–H and O–H groups in total. The first-order chi connectivity index (χ1) is 12.9. The molecule has 0 bridgehead atoms. The van der Waals surface area contributed by atoms with Crippen molar-refractivity contribution in [1.29, 1.82) is 0 Å². The van der Waals surface area contributed by atoms with Gasteiger partial charge in [0.25, 0.3) is 11.6 Å². The molecule has 138 valence electrons. The first-order valence-corrected chi connectivity index (χ1v) is 8.64. The molecule has 0 saturated heterocycles. The molecule has 0 aliphatic carbocycles. The number of carbonyl (C=O) groups excluding carboxylic acids is 2. The van der Waals surface area contributed by atoms with E-state index in [2.05, 4.69) is 5.32 Å². The fraction of sp³-hybridized carbons (Fsp3) is 0.0588. The first kappa shape index (κ1) is 18.7. The highest BCUT2D eigenvalue weighted by atomic mass is 35.5. The summed E-state index contributed by atoms with van der Waals surface area (Å²) in [5.74, 6) is -2.50. The molecule has 3 aromatic rings. The van der Waals surface area contributed by atoms with E-state index >= 15 is 0 Å². The van der Waals surface area contributed by atoms with Crippen LogP contribution in [0, 0.1) is 15.9 Å². The van der Waals surface area contributed by atoms with Gasteiger partial charge in [0.1, 0.15) is 10.7 Å². The van der Waals surface area contributed by atoms with Crippen LogP contribution >= 0.6 is 22.9 Å². The average Bonchev–Trinajstić information content (AvgIpc) is 2.98. The van der Waals surface area contributed by atoms with Crippen molar-refractivity contribution in [3.8, 4) is 0 Å². The number of carbonyl (C=O) groups is 2. The Kier molecular flexibility index (Phi) is 5.33. The number of rotatable bonds is 5. The van der Waals surface area contributed by atoms with E-state index in [0.29, 0.717) is 5.39 Å². The van der Waals surface area contributed by atoms with E-state index in [0.717, 1.165) is 34.2 Å². The number of hydrogen-bond donors (Lipinski definition) is 1. The van der Waals surface area contributed by atoms with Crippen LogP contribution in [-0.2, 0) is 9.53 Å². The lowest BCUT2D eigenvalue weighted by Gasteiger charge is -2.07. The van der Waals surface area contributed by atoms with E-state index in [-0.39, 0.29) is 21.3 Å². The predicted octanol–water partition coefficient (Wildman–Crippen LogP) is 4.40. The third-order valence-electron chi connectivity index (χ3n) is 3.49. The van der Waals surface area contributed by atoms with Crippen LogP contribution in [0.25, 0.3) is 10.1 Å². The molecule has 0 aliphatic heterocycles. The second-order valence-electron chi connectivity index (χ2n) is 5.29. The molecule has 2 aromatic carbocycles. The summed E-state index contributed by atoms with van der Waals surface area (Å²) in [7, 11) is 0. The van der Waals surface area contributed by atoms with Gasteiger partial charge in [-0.15, -0.1) is 11.3 Å². The van der Waals surface area contributed by atoms with E-state index in [1.54, 1.807) is 24.3 Å². The number of hydrogen-bond acceptors (Lipinski definition) is 6. The van der Waals surface area contributed by atoms with Gasteiger partial charge in [0, 0.05) is 22.2 Å². The number of non-ortho nitro benzene ring substituents is 1. The first-order valence-electron chi connectivity index (χ1n) is 7.44. The minimum absolute atomic E-state index is 0.146. The fourth-order valence-electron chi connectivity index (χ4n) is 2.25. The smallest absolute Gasteiger partial charge is 0.350 e. The third kappa shape index (κ3) is 4.04. The number of halogens is 2. The van der Waals surface area contributed by atoms with Gasteiger partial charge >= 0.3 is 5.97 Å². The second-order valence-corrected chi connectivity index (χ2v) is 6.72. The second kappa shape index (κ2) is 7.68. The van der Waals surface area contributed by atoms with Crippen molar-refractivity contribution in [2.45, 2.75) is 0 Å². The van der Waals surface area contributed by atoms with E-state index in [9.17, 15) is 24.1 Å². The van der Waals surface area contributed by atoms with Gasteiger partial charge < -0.3 is 10.1 Å². The van der Waals surface area contributed by atoms with Crippen molar-refractivity contribution >= 4 is 56.3 Å². The maximum Gasteiger partial charge on any atom is 0.350 e. The molecule has 0 saturated carbocycles. The summed E-state index contributed by atoms with van der Waals surface area (Å²) in [4.78, 5) is 34.2. The zero-order valence-electron chi connectivity index (χ0n) is 13.4. The zero-order valence-corrected chi connectivity index (χ0v) is 15.0. The van der Waals surface area contributed by atoms with Gasteiger partial charge in [0.15, 0.2) is 6.61 Å². The Morgan fingerprint density at radius 1 is 1.26 bits per heavy atom. The van der Waals surface area contributed by atoms with Crippen LogP contribution in [0.1, 0.15) is 9.67 Å². The molecule has 1 aromatic heterocycles. The molecule has 7 nitrogen and oxygen atoms in total. The average molecular weight is 409 g/mol. The van der Waals surface area contributed by atoms with E-state index in [1.165, 1.54) is 0 Å². The highest BCUT2D eigenvalue weighted by Gasteiger charge is 2.20. The number of ether oxygens (including phenoxy) is 1. The third-order valence-corrected chi connectivity index (χ3v) is 5.14. The predicted molar refractivity (Wildman–Crippen MR) is 98.8 cm³/mol. The van der Waals surface area contributed by atoms with Crippen LogP contribution in [0.3, 0.4) is 0 Å². The lowest BCUT2D eigenvalue weighted by molar-refractivity contribution is -0.384. The summed E-state index contributed by atoms with van der Waals surface area (Å²) in [6, 6.07) is 9.81. The number of fused-ring (bicyclic) bond motifs is 1. The summed E-state index contributed by atoms with van der Waals surface area (Å²) < 4.78 is 19.4. The van der Waals surface area contributed by atoms with Crippen LogP contribution in [0.5, 0.6) is 0 Å². The molecular weight excluding hydrogens is 399 g/mol. The van der Waals surface area contributed by atoms with Gasteiger partial charge in [0.2, 0.25) is 0 Å². The van der Waals surface area contributed by atoms with Crippen molar-refractivity contribution in [3.05, 3.63) is 68.3 Å². The molecular formula is C17H10ClFN2O5S. The lowest BCUT2D eigenvalue weighted by Crippen LogP contribution is -2.21.